The fraction of sp³-hybridized carbons (Fsp3) is 0.103. The Morgan fingerprint density at radius 2 is 1.67 bits per heavy atom. The Morgan fingerprint density at radius 3 is 2.47 bits per heavy atom. The van der Waals surface area contributed by atoms with Crippen molar-refractivity contribution >= 4 is 50.3 Å². The molecule has 0 saturated heterocycles. The summed E-state index contributed by atoms with van der Waals surface area (Å²) < 4.78 is 6.91. The van der Waals surface area contributed by atoms with Crippen molar-refractivity contribution in [3.8, 4) is 17.2 Å². The number of nitrogens with zero attached hydrogens (tertiary/aromatic N) is 4. The van der Waals surface area contributed by atoms with Crippen molar-refractivity contribution in [2.45, 2.75) is 13.1 Å². The minimum absolute atomic E-state index is 0.0837. The zero-order chi connectivity index (χ0) is 24.2. The number of oxazole rings is 1. The zero-order valence-corrected chi connectivity index (χ0v) is 20.8. The first kappa shape index (κ1) is 21.2. The third-order valence-electron chi connectivity index (χ3n) is 6.76. The van der Waals surface area contributed by atoms with Crippen LogP contribution in [0.4, 0.5) is 17.1 Å². The fourth-order valence-corrected chi connectivity index (χ4v) is 5.48. The number of aromatic nitrogens is 1. The van der Waals surface area contributed by atoms with Crippen molar-refractivity contribution in [1.82, 2.24) is 4.98 Å². The van der Waals surface area contributed by atoms with Crippen LogP contribution < -0.4 is 9.80 Å². The lowest BCUT2D eigenvalue weighted by atomic mass is 10.0. The smallest absolute Gasteiger partial charge is 0.231 e. The van der Waals surface area contributed by atoms with Gasteiger partial charge in [0.2, 0.25) is 5.89 Å². The van der Waals surface area contributed by atoms with Crippen LogP contribution in [0.25, 0.3) is 22.6 Å². The third kappa shape index (κ3) is 3.63. The van der Waals surface area contributed by atoms with Gasteiger partial charge in [-0.3, -0.25) is 4.99 Å². The van der Waals surface area contributed by atoms with Crippen LogP contribution in [-0.4, -0.2) is 23.0 Å². The molecule has 0 atom stereocenters. The monoisotopic (exact) mass is 536 g/mol. The van der Waals surface area contributed by atoms with Crippen molar-refractivity contribution in [3.05, 3.63) is 100 Å². The van der Waals surface area contributed by atoms with Crippen molar-refractivity contribution in [2.24, 2.45) is 4.99 Å². The molecular formula is C29H21BrN4O2. The number of phenolic OH excluding ortho intramolecular Hbond substituents is 1. The van der Waals surface area contributed by atoms with E-state index in [0.29, 0.717) is 22.7 Å². The molecule has 0 spiro atoms. The Bertz CT molecular complexity index is 1640. The van der Waals surface area contributed by atoms with Crippen LogP contribution in [-0.2, 0) is 13.1 Å². The van der Waals surface area contributed by atoms with Gasteiger partial charge >= 0.3 is 0 Å². The first-order valence-electron chi connectivity index (χ1n) is 11.7. The average Bonchev–Trinajstić information content (AvgIpc) is 3.31. The summed E-state index contributed by atoms with van der Waals surface area (Å²) in [7, 11) is 0. The van der Waals surface area contributed by atoms with Crippen molar-refractivity contribution in [3.63, 3.8) is 0 Å². The number of hydrogen-bond donors (Lipinski definition) is 1. The van der Waals surface area contributed by atoms with E-state index >= 15 is 0 Å². The van der Waals surface area contributed by atoms with E-state index in [1.54, 1.807) is 12.1 Å². The van der Waals surface area contributed by atoms with Gasteiger partial charge in [0.25, 0.3) is 0 Å². The Labute approximate surface area is 216 Å². The topological polar surface area (TPSA) is 65.1 Å². The molecule has 0 amide bonds. The van der Waals surface area contributed by atoms with E-state index in [1.165, 1.54) is 22.5 Å². The van der Waals surface area contributed by atoms with Crippen LogP contribution in [0.1, 0.15) is 16.7 Å². The lowest BCUT2D eigenvalue weighted by Gasteiger charge is -2.44. The van der Waals surface area contributed by atoms with E-state index in [4.69, 9.17) is 4.42 Å². The fourth-order valence-electron chi connectivity index (χ4n) is 5.07. The molecule has 7 heteroatoms. The van der Waals surface area contributed by atoms with E-state index in [-0.39, 0.29) is 5.75 Å². The summed E-state index contributed by atoms with van der Waals surface area (Å²) in [6, 6.07) is 25.8. The SMILES string of the molecule is Oc1cc(/N=C/c2ccc3c(c2)CN2CN3Cc3cc(Br)ccc32)ccc1-c1nc2ccccc2o1. The maximum Gasteiger partial charge on any atom is 0.231 e. The van der Waals surface area contributed by atoms with Crippen LogP contribution in [0.2, 0.25) is 0 Å². The standard InChI is InChI=1S/C29H21BrN4O2/c30-21-6-10-26-20(12-21)16-34-17-33(26)15-19-11-18(5-9-25(19)34)14-31-22-7-8-23(27(35)13-22)29-32-24-3-1-2-4-28(24)36-29/h1-14,35H,15-17H2/b31-14+. The quantitative estimate of drug-likeness (QED) is 0.251. The van der Waals surface area contributed by atoms with E-state index in [2.05, 4.69) is 72.1 Å². The molecule has 0 aliphatic carbocycles. The van der Waals surface area contributed by atoms with Gasteiger partial charge in [0.05, 0.1) is 17.9 Å². The van der Waals surface area contributed by atoms with Crippen LogP contribution in [0.5, 0.6) is 5.75 Å². The summed E-state index contributed by atoms with van der Waals surface area (Å²) in [5.41, 5.74) is 8.87. The Kier molecular flexibility index (Phi) is 4.85. The molecule has 176 valence electrons. The molecule has 0 fully saturated rings. The molecule has 2 aliphatic rings. The molecule has 2 aliphatic heterocycles. The molecule has 5 aromatic rings. The molecule has 6 nitrogen and oxygen atoms in total. The summed E-state index contributed by atoms with van der Waals surface area (Å²) in [4.78, 5) is 13.9. The molecule has 4 aromatic carbocycles. The Morgan fingerprint density at radius 1 is 0.889 bits per heavy atom. The summed E-state index contributed by atoms with van der Waals surface area (Å²) in [5, 5.41) is 10.6. The number of anilines is 2. The summed E-state index contributed by atoms with van der Waals surface area (Å²) >= 11 is 3.60. The molecule has 0 radical (unpaired) electrons. The number of aromatic hydroxyl groups is 1. The van der Waals surface area contributed by atoms with E-state index < -0.39 is 0 Å². The Hall–Kier alpha value is -4.10. The predicted octanol–water partition coefficient (Wildman–Crippen LogP) is 7.01. The van der Waals surface area contributed by atoms with Gasteiger partial charge in [-0.1, -0.05) is 34.1 Å². The van der Waals surface area contributed by atoms with E-state index in [9.17, 15) is 5.11 Å². The van der Waals surface area contributed by atoms with Crippen LogP contribution >= 0.6 is 15.9 Å². The first-order valence-corrected chi connectivity index (χ1v) is 12.5. The molecule has 1 aromatic heterocycles. The maximum absolute atomic E-state index is 10.6. The second-order valence-corrected chi connectivity index (χ2v) is 10.1. The number of fused-ring (bicyclic) bond motifs is 7. The van der Waals surface area contributed by atoms with Gasteiger partial charge in [0, 0.05) is 41.2 Å². The normalized spacial score (nSPS) is 14.4. The first-order chi connectivity index (χ1) is 17.6. The third-order valence-corrected chi connectivity index (χ3v) is 7.25. The molecule has 36 heavy (non-hydrogen) atoms. The van der Waals surface area contributed by atoms with Gasteiger partial charge in [-0.2, -0.15) is 0 Å². The maximum atomic E-state index is 10.6. The highest BCUT2D eigenvalue weighted by atomic mass is 79.9. The predicted molar refractivity (Wildman–Crippen MR) is 146 cm³/mol. The van der Waals surface area contributed by atoms with Crippen molar-refractivity contribution < 1.29 is 9.52 Å². The number of hydrogen-bond acceptors (Lipinski definition) is 6. The summed E-state index contributed by atoms with van der Waals surface area (Å²) in [6.07, 6.45) is 1.84. The van der Waals surface area contributed by atoms with Crippen LogP contribution in [0.15, 0.2) is 92.7 Å². The van der Waals surface area contributed by atoms with Crippen molar-refractivity contribution in [1.29, 1.82) is 0 Å². The van der Waals surface area contributed by atoms with Gasteiger partial charge in [0.1, 0.15) is 11.3 Å². The van der Waals surface area contributed by atoms with Gasteiger partial charge in [-0.15, -0.1) is 0 Å². The van der Waals surface area contributed by atoms with Gasteiger partial charge in [-0.05, 0) is 71.3 Å². The molecule has 7 rings (SSSR count). The summed E-state index contributed by atoms with van der Waals surface area (Å²) in [5.74, 6) is 0.476. The number of phenols is 1. The second kappa shape index (κ2) is 8.24. The summed E-state index contributed by atoms with van der Waals surface area (Å²) in [6.45, 7) is 2.67. The highest BCUT2D eigenvalue weighted by Gasteiger charge is 2.29. The van der Waals surface area contributed by atoms with E-state index in [0.717, 1.165) is 35.3 Å². The zero-order valence-electron chi connectivity index (χ0n) is 19.2. The highest BCUT2D eigenvalue weighted by molar-refractivity contribution is 9.10. The average molecular weight is 537 g/mol. The molecule has 0 unspecified atom stereocenters. The lowest BCUT2D eigenvalue weighted by Crippen LogP contribution is -2.46. The number of aliphatic imine (C=N–C) groups is 1. The lowest BCUT2D eigenvalue weighted by molar-refractivity contribution is 0.474. The number of halogens is 1. The van der Waals surface area contributed by atoms with Gasteiger partial charge in [0.15, 0.2) is 5.58 Å². The van der Waals surface area contributed by atoms with Gasteiger partial charge < -0.3 is 19.3 Å². The van der Waals surface area contributed by atoms with E-state index in [1.807, 2.05) is 36.5 Å². The number of rotatable bonds is 3. The molecule has 3 heterocycles. The van der Waals surface area contributed by atoms with Crippen LogP contribution in [0, 0.1) is 0 Å². The number of para-hydroxylation sites is 2. The molecule has 0 saturated carbocycles. The second-order valence-electron chi connectivity index (χ2n) is 9.14. The Balaban J connectivity index is 1.14. The minimum Gasteiger partial charge on any atom is -0.507 e. The van der Waals surface area contributed by atoms with Crippen LogP contribution in [0.3, 0.4) is 0 Å². The van der Waals surface area contributed by atoms with Gasteiger partial charge in [-0.25, -0.2) is 4.98 Å². The molecular weight excluding hydrogens is 516 g/mol. The van der Waals surface area contributed by atoms with Crippen molar-refractivity contribution in [2.75, 3.05) is 16.5 Å². The molecule has 1 N–H and O–H groups in total. The molecule has 2 bridgehead atoms. The minimum atomic E-state index is 0.0837. The number of benzene rings is 4. The highest BCUT2D eigenvalue weighted by Crippen LogP contribution is 2.39. The largest absolute Gasteiger partial charge is 0.507 e.